The normalized spacial score (nSPS) is 10.3. The molecule has 3 N–H and O–H groups in total. The van der Waals surface area contributed by atoms with Gasteiger partial charge in [0.1, 0.15) is 11.6 Å². The van der Waals surface area contributed by atoms with Crippen molar-refractivity contribution in [3.63, 3.8) is 0 Å². The summed E-state index contributed by atoms with van der Waals surface area (Å²) in [5.41, 5.74) is 6.55. The van der Waals surface area contributed by atoms with Gasteiger partial charge in [0, 0.05) is 11.0 Å². The van der Waals surface area contributed by atoms with E-state index in [9.17, 15) is 9.18 Å². The van der Waals surface area contributed by atoms with Gasteiger partial charge in [-0.1, -0.05) is 28.1 Å². The monoisotopic (exact) mass is 366 g/mol. The van der Waals surface area contributed by atoms with Crippen LogP contribution in [0.1, 0.15) is 15.9 Å². The van der Waals surface area contributed by atoms with Gasteiger partial charge in [0.15, 0.2) is 0 Å². The SMILES string of the molecule is COc1cccc(CCNc2cc(Br)cc(F)c2C(N)=O)c1. The number of ether oxygens (including phenoxy) is 1. The fourth-order valence-electron chi connectivity index (χ4n) is 2.13. The Kier molecular flexibility index (Phi) is 5.38. The molecule has 0 saturated heterocycles. The Morgan fingerprint density at radius 1 is 1.36 bits per heavy atom. The first-order valence-electron chi connectivity index (χ1n) is 6.67. The van der Waals surface area contributed by atoms with Crippen LogP contribution in [0.15, 0.2) is 40.9 Å². The summed E-state index contributed by atoms with van der Waals surface area (Å²) < 4.78 is 19.5. The highest BCUT2D eigenvalue weighted by molar-refractivity contribution is 9.10. The number of carbonyl (C=O) groups is 1. The van der Waals surface area contributed by atoms with E-state index in [1.165, 1.54) is 6.07 Å². The summed E-state index contributed by atoms with van der Waals surface area (Å²) >= 11 is 3.20. The Hall–Kier alpha value is -2.08. The lowest BCUT2D eigenvalue weighted by Crippen LogP contribution is -2.17. The number of methoxy groups -OCH3 is 1. The van der Waals surface area contributed by atoms with Crippen LogP contribution in [0.3, 0.4) is 0 Å². The van der Waals surface area contributed by atoms with Crippen LogP contribution in [0.4, 0.5) is 10.1 Å². The number of hydrogen-bond acceptors (Lipinski definition) is 3. The summed E-state index contributed by atoms with van der Waals surface area (Å²) in [4.78, 5) is 11.4. The largest absolute Gasteiger partial charge is 0.497 e. The van der Waals surface area contributed by atoms with Gasteiger partial charge in [-0.05, 0) is 36.2 Å². The van der Waals surface area contributed by atoms with E-state index in [4.69, 9.17) is 10.5 Å². The lowest BCUT2D eigenvalue weighted by molar-refractivity contribution is 0.0997. The third kappa shape index (κ3) is 3.98. The zero-order valence-electron chi connectivity index (χ0n) is 12.0. The van der Waals surface area contributed by atoms with Crippen LogP contribution < -0.4 is 15.8 Å². The van der Waals surface area contributed by atoms with Crippen LogP contribution in [0.2, 0.25) is 0 Å². The maximum atomic E-state index is 13.8. The minimum atomic E-state index is -0.797. The molecule has 0 radical (unpaired) electrons. The summed E-state index contributed by atoms with van der Waals surface area (Å²) in [6.07, 6.45) is 0.698. The molecule has 0 bridgehead atoms. The van der Waals surface area contributed by atoms with Crippen molar-refractivity contribution in [2.45, 2.75) is 6.42 Å². The molecule has 1 amide bonds. The topological polar surface area (TPSA) is 64.3 Å². The van der Waals surface area contributed by atoms with Crippen molar-refractivity contribution in [2.24, 2.45) is 5.73 Å². The third-order valence-electron chi connectivity index (χ3n) is 3.16. The van der Waals surface area contributed by atoms with Gasteiger partial charge in [0.2, 0.25) is 0 Å². The average Bonchev–Trinajstić information content (AvgIpc) is 2.46. The first-order chi connectivity index (χ1) is 10.5. The van der Waals surface area contributed by atoms with Gasteiger partial charge in [-0.25, -0.2) is 4.39 Å². The molecule has 2 aromatic carbocycles. The molecular formula is C16H16BrFN2O2. The molecule has 2 rings (SSSR count). The van der Waals surface area contributed by atoms with E-state index >= 15 is 0 Å². The molecule has 2 aromatic rings. The van der Waals surface area contributed by atoms with E-state index in [1.54, 1.807) is 13.2 Å². The third-order valence-corrected chi connectivity index (χ3v) is 3.62. The first-order valence-corrected chi connectivity index (χ1v) is 7.46. The molecule has 0 fully saturated rings. The smallest absolute Gasteiger partial charge is 0.253 e. The molecule has 0 aliphatic carbocycles. The van der Waals surface area contributed by atoms with E-state index in [-0.39, 0.29) is 5.56 Å². The van der Waals surface area contributed by atoms with Gasteiger partial charge in [-0.15, -0.1) is 0 Å². The molecule has 0 spiro atoms. The molecule has 0 aliphatic heterocycles. The van der Waals surface area contributed by atoms with E-state index in [2.05, 4.69) is 21.2 Å². The number of carbonyl (C=O) groups excluding carboxylic acids is 1. The zero-order chi connectivity index (χ0) is 16.1. The molecule has 0 atom stereocenters. The Labute approximate surface area is 136 Å². The second-order valence-electron chi connectivity index (χ2n) is 4.70. The molecule has 0 aliphatic rings. The predicted octanol–water partition coefficient (Wildman–Crippen LogP) is 3.35. The molecule has 0 unspecified atom stereocenters. The number of hydrogen-bond donors (Lipinski definition) is 2. The van der Waals surface area contributed by atoms with E-state index in [0.29, 0.717) is 23.1 Å². The van der Waals surface area contributed by atoms with E-state index < -0.39 is 11.7 Å². The highest BCUT2D eigenvalue weighted by atomic mass is 79.9. The molecule has 0 saturated carbocycles. The minimum Gasteiger partial charge on any atom is -0.497 e. The minimum absolute atomic E-state index is 0.131. The van der Waals surface area contributed by atoms with Gasteiger partial charge in [-0.2, -0.15) is 0 Å². The number of primary amides is 1. The molecular weight excluding hydrogens is 351 g/mol. The summed E-state index contributed by atoms with van der Waals surface area (Å²) in [5, 5.41) is 3.05. The van der Waals surface area contributed by atoms with Gasteiger partial charge >= 0.3 is 0 Å². The fourth-order valence-corrected chi connectivity index (χ4v) is 2.56. The molecule has 22 heavy (non-hydrogen) atoms. The van der Waals surface area contributed by atoms with Crippen LogP contribution in [0, 0.1) is 5.82 Å². The second-order valence-corrected chi connectivity index (χ2v) is 5.62. The van der Waals surface area contributed by atoms with Crippen molar-refractivity contribution >= 4 is 27.5 Å². The van der Waals surface area contributed by atoms with E-state index in [1.807, 2.05) is 24.3 Å². The lowest BCUT2D eigenvalue weighted by Gasteiger charge is -2.12. The van der Waals surface area contributed by atoms with Crippen LogP contribution in [-0.2, 0) is 6.42 Å². The van der Waals surface area contributed by atoms with Crippen molar-refractivity contribution < 1.29 is 13.9 Å². The van der Waals surface area contributed by atoms with Crippen LogP contribution in [-0.4, -0.2) is 19.6 Å². The van der Waals surface area contributed by atoms with E-state index in [0.717, 1.165) is 11.3 Å². The number of benzene rings is 2. The number of rotatable bonds is 6. The average molecular weight is 367 g/mol. The standard InChI is InChI=1S/C16H16BrFN2O2/c1-22-12-4-2-3-10(7-12)5-6-20-14-9-11(17)8-13(18)15(14)16(19)21/h2-4,7-9,20H,5-6H2,1H3,(H2,19,21). The molecule has 0 heterocycles. The van der Waals surface area contributed by atoms with Crippen molar-refractivity contribution in [3.05, 3.63) is 57.8 Å². The molecule has 116 valence electrons. The Morgan fingerprint density at radius 2 is 2.14 bits per heavy atom. The maximum Gasteiger partial charge on any atom is 0.253 e. The van der Waals surface area contributed by atoms with Crippen molar-refractivity contribution in [2.75, 3.05) is 19.0 Å². The van der Waals surface area contributed by atoms with Crippen molar-refractivity contribution in [1.29, 1.82) is 0 Å². The molecule has 0 aromatic heterocycles. The predicted molar refractivity (Wildman–Crippen MR) is 87.8 cm³/mol. The second kappa shape index (κ2) is 7.26. The van der Waals surface area contributed by atoms with Gasteiger partial charge in [0.05, 0.1) is 18.4 Å². The fraction of sp³-hybridized carbons (Fsp3) is 0.188. The van der Waals surface area contributed by atoms with Crippen LogP contribution in [0.5, 0.6) is 5.75 Å². The Balaban J connectivity index is 2.09. The van der Waals surface area contributed by atoms with Crippen molar-refractivity contribution in [1.82, 2.24) is 0 Å². The summed E-state index contributed by atoms with van der Waals surface area (Å²) in [6, 6.07) is 10.5. The molecule has 4 nitrogen and oxygen atoms in total. The highest BCUT2D eigenvalue weighted by Gasteiger charge is 2.15. The van der Waals surface area contributed by atoms with Crippen LogP contribution >= 0.6 is 15.9 Å². The van der Waals surface area contributed by atoms with Gasteiger partial charge < -0.3 is 15.8 Å². The number of halogens is 2. The number of anilines is 1. The quantitative estimate of drug-likeness (QED) is 0.823. The Morgan fingerprint density at radius 3 is 2.82 bits per heavy atom. The number of nitrogens with one attached hydrogen (secondary N) is 1. The van der Waals surface area contributed by atoms with Crippen LogP contribution in [0.25, 0.3) is 0 Å². The Bertz CT molecular complexity index is 692. The van der Waals surface area contributed by atoms with Gasteiger partial charge in [-0.3, -0.25) is 4.79 Å². The summed E-state index contributed by atoms with van der Waals surface area (Å²) in [7, 11) is 1.61. The first kappa shape index (κ1) is 16.3. The number of amides is 1. The zero-order valence-corrected chi connectivity index (χ0v) is 13.6. The molecule has 6 heteroatoms. The lowest BCUT2D eigenvalue weighted by atomic mass is 10.1. The van der Waals surface area contributed by atoms with Crippen molar-refractivity contribution in [3.8, 4) is 5.75 Å². The van der Waals surface area contributed by atoms with Gasteiger partial charge in [0.25, 0.3) is 5.91 Å². The highest BCUT2D eigenvalue weighted by Crippen LogP contribution is 2.24. The maximum absolute atomic E-state index is 13.8. The summed E-state index contributed by atoms with van der Waals surface area (Å²) in [5.74, 6) is -0.663. The number of nitrogens with two attached hydrogens (primary N) is 1. The summed E-state index contributed by atoms with van der Waals surface area (Å²) in [6.45, 7) is 0.531.